The van der Waals surface area contributed by atoms with Crippen LogP contribution >= 0.6 is 11.8 Å². The molecule has 0 spiro atoms. The fourth-order valence-corrected chi connectivity index (χ4v) is 3.88. The summed E-state index contributed by atoms with van der Waals surface area (Å²) in [7, 11) is 0. The van der Waals surface area contributed by atoms with Gasteiger partial charge in [0.05, 0.1) is 40.4 Å². The third-order valence-corrected chi connectivity index (χ3v) is 5.62. The first kappa shape index (κ1) is 19.8. The van der Waals surface area contributed by atoms with Crippen molar-refractivity contribution in [2.24, 2.45) is 0 Å². The molecular formula is C22H22N6OS. The molecule has 0 saturated heterocycles. The maximum absolute atomic E-state index is 12.6. The summed E-state index contributed by atoms with van der Waals surface area (Å²) in [5, 5.41) is 8.12. The zero-order chi connectivity index (χ0) is 21.1. The maximum atomic E-state index is 12.6. The minimum absolute atomic E-state index is 0.136. The molecule has 0 unspecified atom stereocenters. The van der Waals surface area contributed by atoms with Crippen LogP contribution in [0.1, 0.15) is 11.4 Å². The van der Waals surface area contributed by atoms with E-state index in [4.69, 9.17) is 5.84 Å². The van der Waals surface area contributed by atoms with E-state index in [1.54, 1.807) is 6.20 Å². The van der Waals surface area contributed by atoms with Crippen molar-refractivity contribution in [2.75, 3.05) is 16.9 Å². The van der Waals surface area contributed by atoms with Crippen molar-refractivity contribution >= 4 is 23.4 Å². The maximum Gasteiger partial charge on any atom is 0.234 e. The number of carbonyl (C=O) groups is 1. The molecule has 30 heavy (non-hydrogen) atoms. The van der Waals surface area contributed by atoms with Gasteiger partial charge in [-0.25, -0.2) is 14.3 Å². The minimum Gasteiger partial charge on any atom is -0.337 e. The number of nitrogens with zero attached hydrogens (tertiary/aromatic N) is 4. The molecule has 3 N–H and O–H groups in total. The summed E-state index contributed by atoms with van der Waals surface area (Å²) in [5.74, 6) is 6.08. The van der Waals surface area contributed by atoms with E-state index < -0.39 is 0 Å². The number of nitrogens with two attached hydrogens (primary N) is 1. The molecule has 8 heteroatoms. The Morgan fingerprint density at radius 2 is 1.73 bits per heavy atom. The number of imidazole rings is 1. The lowest BCUT2D eigenvalue weighted by Crippen LogP contribution is -2.16. The average molecular weight is 419 g/mol. The van der Waals surface area contributed by atoms with Crippen LogP contribution in [0.15, 0.2) is 72.0 Å². The fraction of sp³-hybridized carbons (Fsp3) is 0.136. The number of nitrogen functional groups attached to an aromatic ring is 1. The van der Waals surface area contributed by atoms with E-state index in [0.29, 0.717) is 5.16 Å². The number of amides is 1. The van der Waals surface area contributed by atoms with Crippen molar-refractivity contribution < 1.29 is 4.79 Å². The first-order chi connectivity index (χ1) is 14.5. The van der Waals surface area contributed by atoms with Gasteiger partial charge in [0.1, 0.15) is 0 Å². The van der Waals surface area contributed by atoms with Gasteiger partial charge in [0.15, 0.2) is 5.16 Å². The summed E-state index contributed by atoms with van der Waals surface area (Å²) in [4.78, 5) is 17.1. The number of anilines is 1. The third kappa shape index (κ3) is 4.08. The Bertz CT molecular complexity index is 1170. The minimum atomic E-state index is -0.136. The highest BCUT2D eigenvalue weighted by molar-refractivity contribution is 7.99. The Labute approximate surface area is 178 Å². The largest absolute Gasteiger partial charge is 0.337 e. The summed E-state index contributed by atoms with van der Waals surface area (Å²) in [6, 6.07) is 19.6. The van der Waals surface area contributed by atoms with Gasteiger partial charge in [-0.2, -0.15) is 5.10 Å². The number of rotatable bonds is 6. The monoisotopic (exact) mass is 418 g/mol. The quantitative estimate of drug-likeness (QED) is 0.367. The summed E-state index contributed by atoms with van der Waals surface area (Å²) in [5.41, 5.74) is 5.08. The fourth-order valence-electron chi connectivity index (χ4n) is 3.18. The van der Waals surface area contributed by atoms with Crippen molar-refractivity contribution in [1.82, 2.24) is 19.4 Å². The molecular weight excluding hydrogens is 396 g/mol. The number of hydrogen-bond acceptors (Lipinski definition) is 5. The van der Waals surface area contributed by atoms with E-state index >= 15 is 0 Å². The highest BCUT2D eigenvalue weighted by Crippen LogP contribution is 2.25. The molecule has 7 nitrogen and oxygen atoms in total. The average Bonchev–Trinajstić information content (AvgIpc) is 3.28. The molecule has 0 aliphatic heterocycles. The highest BCUT2D eigenvalue weighted by Gasteiger charge is 2.16. The predicted molar refractivity (Wildman–Crippen MR) is 120 cm³/mol. The predicted octanol–water partition coefficient (Wildman–Crippen LogP) is 3.80. The highest BCUT2D eigenvalue weighted by atomic mass is 32.2. The Balaban J connectivity index is 1.44. The van der Waals surface area contributed by atoms with Gasteiger partial charge in [-0.05, 0) is 26.0 Å². The number of nitrogens with one attached hydrogen (secondary N) is 1. The molecule has 4 aromatic rings. The zero-order valence-electron chi connectivity index (χ0n) is 16.7. The van der Waals surface area contributed by atoms with E-state index in [1.807, 2.05) is 79.2 Å². The zero-order valence-corrected chi connectivity index (χ0v) is 17.6. The van der Waals surface area contributed by atoms with Gasteiger partial charge in [0.2, 0.25) is 5.91 Å². The normalized spacial score (nSPS) is 10.9. The number of aryl methyl sites for hydroxylation is 1. The van der Waals surface area contributed by atoms with E-state index in [-0.39, 0.29) is 11.7 Å². The lowest BCUT2D eigenvalue weighted by Gasteiger charge is -2.07. The standard InChI is InChI=1S/C22H22N6OS/c1-15-21(16(2)28(26-15)18-11-7-4-8-12-18)25-20(29)14-30-22-24-19(13-27(22)23)17-9-5-3-6-10-17/h3-13H,14,23H2,1-2H3,(H,25,29). The number of hydrogen-bond donors (Lipinski definition) is 2. The van der Waals surface area contributed by atoms with Gasteiger partial charge in [-0.15, -0.1) is 0 Å². The van der Waals surface area contributed by atoms with Gasteiger partial charge in [-0.1, -0.05) is 60.3 Å². The molecule has 2 aromatic carbocycles. The number of para-hydroxylation sites is 1. The van der Waals surface area contributed by atoms with Gasteiger partial charge in [0, 0.05) is 5.56 Å². The van der Waals surface area contributed by atoms with Crippen molar-refractivity contribution in [3.8, 4) is 16.9 Å². The number of aromatic nitrogens is 4. The molecule has 2 aromatic heterocycles. The van der Waals surface area contributed by atoms with Crippen molar-refractivity contribution in [3.63, 3.8) is 0 Å². The second-order valence-electron chi connectivity index (χ2n) is 6.81. The van der Waals surface area contributed by atoms with Crippen LogP contribution in [0.5, 0.6) is 0 Å². The Kier molecular flexibility index (Phi) is 5.58. The molecule has 0 radical (unpaired) electrons. The number of carbonyl (C=O) groups excluding carboxylic acids is 1. The summed E-state index contributed by atoms with van der Waals surface area (Å²) >= 11 is 1.29. The van der Waals surface area contributed by atoms with Crippen LogP contribution in [0, 0.1) is 13.8 Å². The second-order valence-corrected chi connectivity index (χ2v) is 7.75. The van der Waals surface area contributed by atoms with Crippen LogP contribution in [0.4, 0.5) is 5.69 Å². The van der Waals surface area contributed by atoms with Crippen LogP contribution < -0.4 is 11.2 Å². The Morgan fingerprint density at radius 1 is 1.07 bits per heavy atom. The molecule has 4 rings (SSSR count). The topological polar surface area (TPSA) is 90.8 Å². The lowest BCUT2D eigenvalue weighted by atomic mass is 10.2. The van der Waals surface area contributed by atoms with Crippen molar-refractivity contribution in [3.05, 3.63) is 78.2 Å². The van der Waals surface area contributed by atoms with E-state index in [1.165, 1.54) is 16.4 Å². The smallest absolute Gasteiger partial charge is 0.234 e. The number of benzene rings is 2. The molecule has 2 heterocycles. The van der Waals surface area contributed by atoms with Gasteiger partial charge in [-0.3, -0.25) is 4.79 Å². The van der Waals surface area contributed by atoms with E-state index in [2.05, 4.69) is 15.4 Å². The van der Waals surface area contributed by atoms with Crippen LogP contribution in [0.25, 0.3) is 16.9 Å². The summed E-state index contributed by atoms with van der Waals surface area (Å²) < 4.78 is 3.28. The molecule has 0 aliphatic rings. The van der Waals surface area contributed by atoms with E-state index in [9.17, 15) is 4.79 Å². The molecule has 1 amide bonds. The van der Waals surface area contributed by atoms with Crippen LogP contribution in [-0.2, 0) is 4.79 Å². The molecule has 0 atom stereocenters. The van der Waals surface area contributed by atoms with Crippen LogP contribution in [0.2, 0.25) is 0 Å². The molecule has 0 fully saturated rings. The summed E-state index contributed by atoms with van der Waals surface area (Å²) in [6.07, 6.45) is 1.76. The van der Waals surface area contributed by atoms with Gasteiger partial charge < -0.3 is 11.2 Å². The van der Waals surface area contributed by atoms with Crippen molar-refractivity contribution in [2.45, 2.75) is 19.0 Å². The molecule has 152 valence electrons. The Morgan fingerprint density at radius 3 is 2.43 bits per heavy atom. The molecule has 0 bridgehead atoms. The lowest BCUT2D eigenvalue weighted by molar-refractivity contribution is -0.113. The third-order valence-electron chi connectivity index (χ3n) is 4.66. The first-order valence-electron chi connectivity index (χ1n) is 9.47. The second kappa shape index (κ2) is 8.46. The summed E-state index contributed by atoms with van der Waals surface area (Å²) in [6.45, 7) is 3.82. The van der Waals surface area contributed by atoms with Gasteiger partial charge >= 0.3 is 0 Å². The van der Waals surface area contributed by atoms with Crippen molar-refractivity contribution in [1.29, 1.82) is 0 Å². The van der Waals surface area contributed by atoms with E-state index in [0.717, 1.165) is 34.0 Å². The van der Waals surface area contributed by atoms with Crippen LogP contribution in [-0.4, -0.2) is 31.1 Å². The first-order valence-corrected chi connectivity index (χ1v) is 10.5. The molecule has 0 aliphatic carbocycles. The van der Waals surface area contributed by atoms with Gasteiger partial charge in [0.25, 0.3) is 0 Å². The SMILES string of the molecule is Cc1nn(-c2ccccc2)c(C)c1NC(=O)CSc1nc(-c2ccccc2)cn1N. The molecule has 0 saturated carbocycles. The van der Waals surface area contributed by atoms with Crippen LogP contribution in [0.3, 0.4) is 0 Å². The number of thioether (sulfide) groups is 1. The Hall–Kier alpha value is -3.52.